The third-order valence-corrected chi connectivity index (χ3v) is 9.59. The molecule has 0 heterocycles. The molecule has 0 saturated carbocycles. The monoisotopic (exact) mass is 799 g/mol. The van der Waals surface area contributed by atoms with Crippen LogP contribution >= 0.6 is 7.82 Å². The summed E-state index contributed by atoms with van der Waals surface area (Å²) in [5.41, 5.74) is 5.32. The van der Waals surface area contributed by atoms with Crippen LogP contribution in [0.4, 0.5) is 0 Å². The van der Waals surface area contributed by atoms with E-state index >= 15 is 0 Å². The van der Waals surface area contributed by atoms with E-state index in [-0.39, 0.29) is 19.4 Å². The maximum Gasteiger partial charge on any atom is 0.472 e. The van der Waals surface area contributed by atoms with Gasteiger partial charge >= 0.3 is 25.7 Å². The summed E-state index contributed by atoms with van der Waals surface area (Å²) in [7, 11) is -4.73. The Kier molecular flexibility index (Phi) is 35.3. The Morgan fingerprint density at radius 2 is 1.18 bits per heavy atom. The van der Waals surface area contributed by atoms with E-state index in [1.807, 2.05) is 24.3 Å². The summed E-state index contributed by atoms with van der Waals surface area (Å²) in [6.45, 7) is 2.53. The molecule has 318 valence electrons. The quantitative estimate of drug-likeness (QED) is 0.0152. The van der Waals surface area contributed by atoms with Gasteiger partial charge in [-0.2, -0.15) is 0 Å². The van der Waals surface area contributed by atoms with E-state index in [4.69, 9.17) is 24.8 Å². The number of aliphatic hydroxyl groups excluding tert-OH is 1. The number of carbonyl (C=O) groups excluding carboxylic acids is 2. The number of carboxylic acids is 1. The highest BCUT2D eigenvalue weighted by molar-refractivity contribution is 7.47. The number of phosphoric acid groups is 1. The minimum Gasteiger partial charge on any atom is -0.480 e. The number of allylic oxidation sites excluding steroid dienone is 6. The summed E-state index contributed by atoms with van der Waals surface area (Å²) in [5, 5.41) is 18.7. The van der Waals surface area contributed by atoms with Crippen molar-refractivity contribution in [3.63, 3.8) is 0 Å². The number of hydrogen-bond donors (Lipinski definition) is 4. The van der Waals surface area contributed by atoms with Crippen LogP contribution in [0.5, 0.6) is 0 Å². The number of aliphatic hydroxyl groups is 1. The van der Waals surface area contributed by atoms with Crippen LogP contribution in [0, 0.1) is 0 Å². The number of ether oxygens (including phenoxy) is 2. The van der Waals surface area contributed by atoms with E-state index in [9.17, 15) is 28.9 Å². The molecule has 2 unspecified atom stereocenters. The number of esters is 2. The summed E-state index contributed by atoms with van der Waals surface area (Å²) in [5.74, 6) is -2.46. The zero-order valence-corrected chi connectivity index (χ0v) is 34.8. The van der Waals surface area contributed by atoms with E-state index in [2.05, 4.69) is 36.6 Å². The molecule has 0 spiro atoms. The van der Waals surface area contributed by atoms with Crippen LogP contribution in [0.2, 0.25) is 0 Å². The van der Waals surface area contributed by atoms with Crippen LogP contribution in [-0.4, -0.2) is 71.1 Å². The molecule has 0 aromatic heterocycles. The van der Waals surface area contributed by atoms with Crippen molar-refractivity contribution in [1.82, 2.24) is 0 Å². The van der Waals surface area contributed by atoms with Gasteiger partial charge in [0.15, 0.2) is 6.10 Å². The van der Waals surface area contributed by atoms with Crippen molar-refractivity contribution in [2.75, 3.05) is 19.8 Å². The first kappa shape index (κ1) is 52.4. The van der Waals surface area contributed by atoms with Crippen LogP contribution in [0.25, 0.3) is 0 Å². The lowest BCUT2D eigenvalue weighted by Crippen LogP contribution is -2.34. The van der Waals surface area contributed by atoms with Crippen molar-refractivity contribution < 1.29 is 52.6 Å². The van der Waals surface area contributed by atoms with Gasteiger partial charge in [0.05, 0.1) is 19.3 Å². The molecule has 0 amide bonds. The highest BCUT2D eigenvalue weighted by Gasteiger charge is 2.28. The van der Waals surface area contributed by atoms with Crippen molar-refractivity contribution in [3.8, 4) is 0 Å². The first-order valence-electron chi connectivity index (χ1n) is 20.8. The van der Waals surface area contributed by atoms with Crippen molar-refractivity contribution in [3.05, 3.63) is 48.6 Å². The van der Waals surface area contributed by atoms with Gasteiger partial charge in [-0.25, -0.2) is 4.57 Å². The molecule has 0 aliphatic carbocycles. The van der Waals surface area contributed by atoms with E-state index in [0.29, 0.717) is 19.3 Å². The van der Waals surface area contributed by atoms with Gasteiger partial charge in [0, 0.05) is 12.8 Å². The Bertz CT molecular complexity index is 1140. The van der Waals surface area contributed by atoms with Gasteiger partial charge in [-0.3, -0.25) is 23.4 Å². The molecular weight excluding hydrogens is 725 g/mol. The van der Waals surface area contributed by atoms with Crippen molar-refractivity contribution in [1.29, 1.82) is 0 Å². The van der Waals surface area contributed by atoms with E-state index < -0.39 is 57.2 Å². The molecule has 0 aromatic carbocycles. The molecule has 0 aromatic rings. The molecule has 55 heavy (non-hydrogen) atoms. The Balaban J connectivity index is 4.48. The molecule has 4 atom stereocenters. The maximum atomic E-state index is 12.6. The number of phosphoric ester groups is 1. The van der Waals surface area contributed by atoms with Crippen molar-refractivity contribution in [2.24, 2.45) is 5.73 Å². The lowest BCUT2D eigenvalue weighted by Gasteiger charge is -2.20. The topological polar surface area (TPSA) is 192 Å². The second-order valence-corrected chi connectivity index (χ2v) is 15.4. The summed E-state index contributed by atoms with van der Waals surface area (Å²) in [6, 6.07) is -1.54. The standard InChI is InChI=1S/C42H74NO11P/c1-3-5-7-8-9-10-11-12-13-14-15-18-21-24-28-32-40(45)51-34-38(35-52-55(49,50)53-36-39(43)42(47)48)54-41(46)33-29-25-22-19-16-17-20-23-27-31-37(44)30-26-6-4-2/h6,12-13,20,23,26-27,31,37-39,44H,3-5,7-11,14-19,21-22,24-25,28-30,32-36,43H2,1-2H3,(H,47,48)(H,49,50)/b13-12-,23-20+,26-6+,31-27+/t37?,38-,39+/m1/s1. The van der Waals surface area contributed by atoms with Crippen LogP contribution in [0.3, 0.4) is 0 Å². The molecule has 5 N–H and O–H groups in total. The third kappa shape index (κ3) is 36.8. The molecule has 0 fully saturated rings. The van der Waals surface area contributed by atoms with E-state index in [0.717, 1.165) is 77.0 Å². The molecule has 0 aliphatic rings. The number of nitrogens with two attached hydrogens (primary N) is 1. The fourth-order valence-electron chi connectivity index (χ4n) is 5.33. The smallest absolute Gasteiger partial charge is 0.472 e. The molecule has 0 radical (unpaired) electrons. The fraction of sp³-hybridized carbons (Fsp3) is 0.738. The number of unbranched alkanes of at least 4 members (excludes halogenated alkanes) is 16. The fourth-order valence-corrected chi connectivity index (χ4v) is 6.11. The minimum atomic E-state index is -4.73. The molecule has 0 bridgehead atoms. The predicted octanol–water partition coefficient (Wildman–Crippen LogP) is 9.58. The molecule has 0 saturated heterocycles. The van der Waals surface area contributed by atoms with Crippen LogP contribution < -0.4 is 5.73 Å². The first-order chi connectivity index (χ1) is 26.5. The predicted molar refractivity (Wildman–Crippen MR) is 218 cm³/mol. The van der Waals surface area contributed by atoms with Gasteiger partial charge in [-0.15, -0.1) is 0 Å². The van der Waals surface area contributed by atoms with Crippen molar-refractivity contribution in [2.45, 2.75) is 180 Å². The summed E-state index contributed by atoms with van der Waals surface area (Å²) in [6.07, 6.45) is 36.5. The molecule has 13 heteroatoms. The van der Waals surface area contributed by atoms with Crippen LogP contribution in [0.1, 0.15) is 162 Å². The Labute approximate surface area is 331 Å². The lowest BCUT2D eigenvalue weighted by molar-refractivity contribution is -0.161. The van der Waals surface area contributed by atoms with E-state index in [1.54, 1.807) is 6.08 Å². The Morgan fingerprint density at radius 3 is 1.76 bits per heavy atom. The van der Waals surface area contributed by atoms with Crippen molar-refractivity contribution >= 4 is 25.7 Å². The van der Waals surface area contributed by atoms with Gasteiger partial charge in [-0.1, -0.05) is 133 Å². The third-order valence-electron chi connectivity index (χ3n) is 8.64. The zero-order chi connectivity index (χ0) is 40.8. The minimum absolute atomic E-state index is 0.112. The van der Waals surface area contributed by atoms with E-state index in [1.165, 1.54) is 38.5 Å². The second-order valence-electron chi connectivity index (χ2n) is 13.9. The van der Waals surface area contributed by atoms with Crippen LogP contribution in [0.15, 0.2) is 48.6 Å². The average Bonchev–Trinajstić information content (AvgIpc) is 3.15. The Hall–Kier alpha value is -2.60. The normalized spacial score (nSPS) is 14.9. The molecule has 0 aliphatic heterocycles. The molecule has 12 nitrogen and oxygen atoms in total. The maximum absolute atomic E-state index is 12.6. The SMILES string of the molecule is CC/C=C/CC(O)/C=C/C=C/CCCCCCCC(=O)O[C@H](COC(=O)CCCCCCC/C=C\CCCCCCCC)COP(=O)(O)OC[C@H](N)C(=O)O. The van der Waals surface area contributed by atoms with Gasteiger partial charge < -0.3 is 30.3 Å². The van der Waals surface area contributed by atoms with Gasteiger partial charge in [0.25, 0.3) is 0 Å². The number of hydrogen-bond acceptors (Lipinski definition) is 10. The van der Waals surface area contributed by atoms with Gasteiger partial charge in [-0.05, 0) is 64.2 Å². The molecular formula is C42H74NO11P. The molecule has 0 rings (SSSR count). The second kappa shape index (κ2) is 37.0. The highest BCUT2D eigenvalue weighted by atomic mass is 31.2. The summed E-state index contributed by atoms with van der Waals surface area (Å²) < 4.78 is 32.6. The summed E-state index contributed by atoms with van der Waals surface area (Å²) >= 11 is 0. The number of aliphatic carboxylic acids is 1. The number of rotatable bonds is 38. The lowest BCUT2D eigenvalue weighted by atomic mass is 10.1. The zero-order valence-electron chi connectivity index (χ0n) is 33.9. The largest absolute Gasteiger partial charge is 0.480 e. The number of carbonyl (C=O) groups is 3. The van der Waals surface area contributed by atoms with Crippen LogP contribution in [-0.2, 0) is 37.5 Å². The van der Waals surface area contributed by atoms with Gasteiger partial charge in [0.2, 0.25) is 0 Å². The first-order valence-corrected chi connectivity index (χ1v) is 22.3. The average molecular weight is 800 g/mol. The number of carboxylic acid groups (broad SMARTS) is 1. The van der Waals surface area contributed by atoms with Gasteiger partial charge in [0.1, 0.15) is 12.6 Å². The Morgan fingerprint density at radius 1 is 0.655 bits per heavy atom. The highest BCUT2D eigenvalue weighted by Crippen LogP contribution is 2.43. The summed E-state index contributed by atoms with van der Waals surface area (Å²) in [4.78, 5) is 45.9.